The van der Waals surface area contributed by atoms with Crippen LogP contribution in [0.25, 0.3) is 0 Å². The standard InChI is InChI=1S/3C4H9.CH4O.Ti/c3*1-3-4-2;1-2;/h3*1,3-4H2,2H3;2H,1H3;/q3*-1;;+3. The van der Waals surface area contributed by atoms with Crippen LogP contribution in [-0.2, 0) is 21.7 Å². The minimum absolute atomic E-state index is 0. The Morgan fingerprint density at radius 1 is 0.667 bits per heavy atom. The van der Waals surface area contributed by atoms with Crippen molar-refractivity contribution in [3.8, 4) is 0 Å². The van der Waals surface area contributed by atoms with Crippen molar-refractivity contribution in [2.45, 2.75) is 59.3 Å². The van der Waals surface area contributed by atoms with E-state index in [1.807, 2.05) is 0 Å². The number of aliphatic hydroxyl groups is 1. The Labute approximate surface area is 114 Å². The zero-order valence-electron chi connectivity index (χ0n) is 11.3. The summed E-state index contributed by atoms with van der Waals surface area (Å²) in [6, 6.07) is 0. The van der Waals surface area contributed by atoms with Crippen LogP contribution >= 0.6 is 0 Å². The van der Waals surface area contributed by atoms with Crippen LogP contribution < -0.4 is 0 Å². The smallest absolute Gasteiger partial charge is 0.400 e. The third kappa shape index (κ3) is 175. The van der Waals surface area contributed by atoms with Crippen molar-refractivity contribution in [1.29, 1.82) is 0 Å². The summed E-state index contributed by atoms with van der Waals surface area (Å²) in [4.78, 5) is 0. The Hall–Kier alpha value is 0.674. The molecule has 0 atom stereocenters. The number of hydrogen-bond donors (Lipinski definition) is 1. The van der Waals surface area contributed by atoms with Gasteiger partial charge in [0.25, 0.3) is 0 Å². The Bertz CT molecular complexity index is 26.0. The maximum Gasteiger partial charge on any atom is 3.00 e. The molecule has 0 saturated heterocycles. The minimum Gasteiger partial charge on any atom is -0.400 e. The molecule has 0 heterocycles. The summed E-state index contributed by atoms with van der Waals surface area (Å²) in [5.41, 5.74) is 0. The van der Waals surface area contributed by atoms with E-state index in [-0.39, 0.29) is 21.7 Å². The van der Waals surface area contributed by atoms with Crippen molar-refractivity contribution in [2.75, 3.05) is 7.11 Å². The Morgan fingerprint density at radius 2 is 0.733 bits per heavy atom. The van der Waals surface area contributed by atoms with E-state index >= 15 is 0 Å². The fraction of sp³-hybridized carbons (Fsp3) is 0.769. The maximum absolute atomic E-state index is 7.00. The molecule has 0 fully saturated rings. The molecule has 0 aliphatic carbocycles. The largest absolute Gasteiger partial charge is 3.00 e. The van der Waals surface area contributed by atoms with Gasteiger partial charge in [-0.05, 0) is 0 Å². The normalized spacial score (nSPS) is 6.40. The molecule has 0 aliphatic heterocycles. The second-order valence-electron chi connectivity index (χ2n) is 2.56. The molecule has 1 N–H and O–H groups in total. The van der Waals surface area contributed by atoms with Crippen LogP contribution in [0.3, 0.4) is 0 Å². The first-order valence-corrected chi connectivity index (χ1v) is 5.57. The van der Waals surface area contributed by atoms with Gasteiger partial charge in [-0.1, -0.05) is 40.0 Å². The summed E-state index contributed by atoms with van der Waals surface area (Å²) in [6.45, 7) is 17.2. The summed E-state index contributed by atoms with van der Waals surface area (Å²) >= 11 is 0. The minimum atomic E-state index is 0. The summed E-state index contributed by atoms with van der Waals surface area (Å²) in [7, 11) is 1.00. The summed E-state index contributed by atoms with van der Waals surface area (Å²) in [5, 5.41) is 7.00. The molecule has 15 heavy (non-hydrogen) atoms. The van der Waals surface area contributed by atoms with Crippen molar-refractivity contribution in [2.24, 2.45) is 0 Å². The summed E-state index contributed by atoms with van der Waals surface area (Å²) < 4.78 is 0. The molecule has 0 aromatic carbocycles. The monoisotopic (exact) mass is 251 g/mol. The van der Waals surface area contributed by atoms with Gasteiger partial charge in [-0.25, -0.2) is 0 Å². The van der Waals surface area contributed by atoms with E-state index in [1.54, 1.807) is 0 Å². The van der Waals surface area contributed by atoms with Gasteiger partial charge in [0.05, 0.1) is 0 Å². The van der Waals surface area contributed by atoms with E-state index in [1.165, 1.54) is 19.3 Å². The van der Waals surface area contributed by atoms with E-state index < -0.39 is 0 Å². The molecule has 1 nitrogen and oxygen atoms in total. The average Bonchev–Trinajstić information content (AvgIpc) is 2.31. The molecule has 0 unspecified atom stereocenters. The number of aliphatic hydroxyl groups excluding tert-OH is 1. The van der Waals surface area contributed by atoms with Crippen molar-refractivity contribution >= 4 is 0 Å². The molecule has 0 aliphatic rings. The van der Waals surface area contributed by atoms with E-state index in [9.17, 15) is 0 Å². The van der Waals surface area contributed by atoms with Gasteiger partial charge in [0, 0.05) is 7.11 Å². The van der Waals surface area contributed by atoms with Gasteiger partial charge in [-0.15, -0.1) is 0 Å². The molecular weight excluding hydrogens is 220 g/mol. The van der Waals surface area contributed by atoms with Crippen molar-refractivity contribution in [3.05, 3.63) is 20.8 Å². The van der Waals surface area contributed by atoms with E-state index in [0.717, 1.165) is 26.4 Å². The number of unbranched alkanes of at least 4 members (excludes halogenated alkanes) is 3. The maximum atomic E-state index is 7.00. The van der Waals surface area contributed by atoms with Crippen LogP contribution in [0.15, 0.2) is 0 Å². The third-order valence-corrected chi connectivity index (χ3v) is 1.06. The SMILES string of the molecule is CO.[CH2-]CCC.[CH2-]CCC.[CH2-]CCC.[Ti+3]. The second kappa shape index (κ2) is 61.6. The number of hydrogen-bond acceptors (Lipinski definition) is 1. The third-order valence-electron chi connectivity index (χ3n) is 1.06. The molecule has 0 aromatic heterocycles. The van der Waals surface area contributed by atoms with Crippen LogP contribution in [0, 0.1) is 20.8 Å². The van der Waals surface area contributed by atoms with Crippen LogP contribution in [0.4, 0.5) is 0 Å². The predicted octanol–water partition coefficient (Wildman–Crippen LogP) is 4.47. The second-order valence-corrected chi connectivity index (χ2v) is 2.56. The topological polar surface area (TPSA) is 20.2 Å². The average molecular weight is 251 g/mol. The molecular formula is C13H31OTi. The van der Waals surface area contributed by atoms with Crippen LogP contribution in [0.5, 0.6) is 0 Å². The molecule has 0 amide bonds. The molecule has 1 radical (unpaired) electrons. The zero-order valence-corrected chi connectivity index (χ0v) is 12.9. The fourth-order valence-electron chi connectivity index (χ4n) is 0. The van der Waals surface area contributed by atoms with Gasteiger partial charge in [0.15, 0.2) is 0 Å². The van der Waals surface area contributed by atoms with Gasteiger partial charge in [-0.3, -0.25) is 0 Å². The molecule has 0 saturated carbocycles. The van der Waals surface area contributed by atoms with E-state index in [0.29, 0.717) is 0 Å². The van der Waals surface area contributed by atoms with Gasteiger partial charge in [0.1, 0.15) is 0 Å². The zero-order chi connectivity index (χ0) is 12.2. The molecule has 0 aromatic rings. The summed E-state index contributed by atoms with van der Waals surface area (Å²) in [6.07, 6.45) is 6.83. The fourth-order valence-corrected chi connectivity index (χ4v) is 0. The Kier molecular flexibility index (Phi) is 122. The van der Waals surface area contributed by atoms with Gasteiger partial charge in [-0.2, -0.15) is 19.3 Å². The molecule has 0 rings (SSSR count). The first kappa shape index (κ1) is 29.6. The van der Waals surface area contributed by atoms with Crippen LogP contribution in [0.1, 0.15) is 59.3 Å². The molecule has 93 valence electrons. The Morgan fingerprint density at radius 3 is 0.733 bits per heavy atom. The van der Waals surface area contributed by atoms with Crippen molar-refractivity contribution in [1.82, 2.24) is 0 Å². The molecule has 0 spiro atoms. The van der Waals surface area contributed by atoms with Crippen LogP contribution in [-0.4, -0.2) is 12.2 Å². The van der Waals surface area contributed by atoms with Crippen molar-refractivity contribution < 1.29 is 26.8 Å². The van der Waals surface area contributed by atoms with Gasteiger partial charge >= 0.3 is 21.7 Å². The Balaban J connectivity index is -0.0000000298. The molecule has 2 heteroatoms. The van der Waals surface area contributed by atoms with Gasteiger partial charge in [0.2, 0.25) is 0 Å². The van der Waals surface area contributed by atoms with E-state index in [4.69, 9.17) is 5.11 Å². The summed E-state index contributed by atoms with van der Waals surface area (Å²) in [5.74, 6) is 0. The first-order valence-electron chi connectivity index (χ1n) is 5.57. The van der Waals surface area contributed by atoms with Crippen molar-refractivity contribution in [3.63, 3.8) is 0 Å². The predicted molar refractivity (Wildman–Crippen MR) is 68.9 cm³/mol. The number of rotatable bonds is 3. The van der Waals surface area contributed by atoms with E-state index in [2.05, 4.69) is 41.5 Å². The molecule has 0 bridgehead atoms. The van der Waals surface area contributed by atoms with Crippen LogP contribution in [0.2, 0.25) is 0 Å². The first-order chi connectivity index (χ1) is 6.74. The van der Waals surface area contributed by atoms with Gasteiger partial charge < -0.3 is 25.9 Å². The quantitative estimate of drug-likeness (QED) is 0.579.